The third-order valence-electron chi connectivity index (χ3n) is 4.11. The maximum absolute atomic E-state index is 12.3. The van der Waals surface area contributed by atoms with Gasteiger partial charge in [0.05, 0.1) is 5.52 Å². The van der Waals surface area contributed by atoms with Crippen LogP contribution in [-0.4, -0.2) is 15.3 Å². The van der Waals surface area contributed by atoms with Crippen LogP contribution < -0.4 is 0 Å². The van der Waals surface area contributed by atoms with Crippen LogP contribution in [0.25, 0.3) is 16.7 Å². The zero-order valence-corrected chi connectivity index (χ0v) is 13.9. The summed E-state index contributed by atoms with van der Waals surface area (Å²) in [5, 5.41) is 1.18. The summed E-state index contributed by atoms with van der Waals surface area (Å²) in [5.41, 5.74) is 1.97. The smallest absolute Gasteiger partial charge is 0.138 e. The second-order valence-corrected chi connectivity index (χ2v) is 6.89. The van der Waals surface area contributed by atoms with Gasteiger partial charge in [-0.15, -0.1) is 0 Å². The Kier molecular flexibility index (Phi) is 4.03. The topological polar surface area (TPSA) is 34.9 Å². The molecule has 0 amide bonds. The first-order chi connectivity index (χ1) is 11.0. The first kappa shape index (κ1) is 15.5. The zero-order chi connectivity index (χ0) is 16.4. The van der Waals surface area contributed by atoms with E-state index in [1.54, 1.807) is 6.20 Å². The van der Waals surface area contributed by atoms with Gasteiger partial charge in [-0.3, -0.25) is 9.36 Å². The van der Waals surface area contributed by atoms with Crippen LogP contribution in [0.5, 0.6) is 0 Å². The van der Waals surface area contributed by atoms with Crippen LogP contribution in [0, 0.1) is 5.41 Å². The van der Waals surface area contributed by atoms with Crippen molar-refractivity contribution in [3.8, 4) is 5.82 Å². The molecule has 3 nitrogen and oxygen atoms in total. The minimum Gasteiger partial charge on any atom is -0.299 e. The van der Waals surface area contributed by atoms with E-state index in [2.05, 4.69) is 27.8 Å². The van der Waals surface area contributed by atoms with Gasteiger partial charge in [-0.25, -0.2) is 4.98 Å². The Labute approximate surface area is 137 Å². The highest BCUT2D eigenvalue weighted by Gasteiger charge is 2.21. The number of benzene rings is 1. The van der Waals surface area contributed by atoms with E-state index in [4.69, 9.17) is 0 Å². The maximum Gasteiger partial charge on any atom is 0.138 e. The van der Waals surface area contributed by atoms with Crippen LogP contribution in [0.3, 0.4) is 0 Å². The summed E-state index contributed by atoms with van der Waals surface area (Å²) in [7, 11) is 0. The average Bonchev–Trinajstić information content (AvgIpc) is 2.90. The van der Waals surface area contributed by atoms with Gasteiger partial charge in [0.25, 0.3) is 0 Å². The molecule has 0 N–H and O–H groups in total. The van der Waals surface area contributed by atoms with Crippen molar-refractivity contribution in [2.75, 3.05) is 0 Å². The van der Waals surface area contributed by atoms with E-state index in [0.29, 0.717) is 6.42 Å². The molecule has 0 spiro atoms. The van der Waals surface area contributed by atoms with Crippen LogP contribution >= 0.6 is 0 Å². The van der Waals surface area contributed by atoms with Crippen LogP contribution in [0.4, 0.5) is 0 Å². The monoisotopic (exact) mass is 306 g/mol. The molecular formula is C20H22N2O. The Hall–Kier alpha value is -2.42. The predicted octanol–water partition coefficient (Wildman–Crippen LogP) is 4.57. The van der Waals surface area contributed by atoms with Crippen molar-refractivity contribution in [1.29, 1.82) is 0 Å². The Morgan fingerprint density at radius 2 is 1.83 bits per heavy atom. The molecule has 0 unspecified atom stereocenters. The third kappa shape index (κ3) is 3.19. The Morgan fingerprint density at radius 1 is 1.09 bits per heavy atom. The van der Waals surface area contributed by atoms with Crippen LogP contribution in [-0.2, 0) is 11.2 Å². The molecule has 3 aromatic rings. The maximum atomic E-state index is 12.3. The van der Waals surface area contributed by atoms with Gasteiger partial charge >= 0.3 is 0 Å². The van der Waals surface area contributed by atoms with E-state index in [1.165, 1.54) is 5.39 Å². The normalized spacial score (nSPS) is 11.8. The van der Waals surface area contributed by atoms with E-state index in [0.717, 1.165) is 23.4 Å². The highest BCUT2D eigenvalue weighted by Crippen LogP contribution is 2.25. The summed E-state index contributed by atoms with van der Waals surface area (Å²) < 4.78 is 2.16. The SMILES string of the molecule is CC(C)(C)C(=O)CCc1cc2ccccc2n1-c1ccccn1. The lowest BCUT2D eigenvalue weighted by molar-refractivity contribution is -0.126. The van der Waals surface area contributed by atoms with Gasteiger partial charge in [-0.05, 0) is 30.7 Å². The van der Waals surface area contributed by atoms with Gasteiger partial charge in [-0.1, -0.05) is 45.0 Å². The number of nitrogens with zero attached hydrogens (tertiary/aromatic N) is 2. The summed E-state index contributed by atoms with van der Waals surface area (Å²) >= 11 is 0. The van der Waals surface area contributed by atoms with Crippen molar-refractivity contribution >= 4 is 16.7 Å². The van der Waals surface area contributed by atoms with E-state index >= 15 is 0 Å². The summed E-state index contributed by atoms with van der Waals surface area (Å²) in [4.78, 5) is 16.8. The van der Waals surface area contributed by atoms with Gasteiger partial charge in [0.2, 0.25) is 0 Å². The number of Topliss-reactive ketones (excluding diaryl/α,β-unsaturated/α-hetero) is 1. The lowest BCUT2D eigenvalue weighted by Crippen LogP contribution is -2.20. The largest absolute Gasteiger partial charge is 0.299 e. The lowest BCUT2D eigenvalue weighted by atomic mass is 9.88. The van der Waals surface area contributed by atoms with Crippen LogP contribution in [0.1, 0.15) is 32.9 Å². The molecule has 3 heteroatoms. The Bertz CT molecular complexity index is 826. The van der Waals surface area contributed by atoms with Crippen molar-refractivity contribution < 1.29 is 4.79 Å². The van der Waals surface area contributed by atoms with Gasteiger partial charge in [0.15, 0.2) is 0 Å². The quantitative estimate of drug-likeness (QED) is 0.707. The molecule has 2 aromatic heterocycles. The molecule has 0 saturated heterocycles. The molecular weight excluding hydrogens is 284 g/mol. The molecule has 0 aliphatic carbocycles. The Morgan fingerprint density at radius 3 is 2.52 bits per heavy atom. The second-order valence-electron chi connectivity index (χ2n) is 6.89. The van der Waals surface area contributed by atoms with Crippen molar-refractivity contribution in [3.63, 3.8) is 0 Å². The van der Waals surface area contributed by atoms with E-state index in [9.17, 15) is 4.79 Å². The first-order valence-electron chi connectivity index (χ1n) is 8.01. The lowest BCUT2D eigenvalue weighted by Gasteiger charge is -2.17. The number of pyridine rings is 1. The molecule has 0 atom stereocenters. The number of hydrogen-bond donors (Lipinski definition) is 0. The number of carbonyl (C=O) groups excluding carboxylic acids is 1. The number of aryl methyl sites for hydroxylation is 1. The summed E-state index contributed by atoms with van der Waals surface area (Å²) in [6.45, 7) is 5.93. The van der Waals surface area contributed by atoms with E-state index in [1.807, 2.05) is 51.1 Å². The van der Waals surface area contributed by atoms with E-state index < -0.39 is 0 Å². The van der Waals surface area contributed by atoms with Gasteiger partial charge < -0.3 is 0 Å². The number of hydrogen-bond acceptors (Lipinski definition) is 2. The summed E-state index contributed by atoms with van der Waals surface area (Å²) in [6.07, 6.45) is 3.07. The zero-order valence-electron chi connectivity index (χ0n) is 13.9. The van der Waals surface area contributed by atoms with Crippen molar-refractivity contribution in [3.05, 3.63) is 60.4 Å². The average molecular weight is 306 g/mol. The number of rotatable bonds is 4. The second kappa shape index (κ2) is 5.99. The fraction of sp³-hybridized carbons (Fsp3) is 0.300. The fourth-order valence-electron chi connectivity index (χ4n) is 2.77. The van der Waals surface area contributed by atoms with Crippen molar-refractivity contribution in [1.82, 2.24) is 9.55 Å². The van der Waals surface area contributed by atoms with Crippen molar-refractivity contribution in [2.45, 2.75) is 33.6 Å². The summed E-state index contributed by atoms with van der Waals surface area (Å²) in [6, 6.07) is 16.3. The third-order valence-corrected chi connectivity index (χ3v) is 4.11. The molecule has 0 aliphatic heterocycles. The van der Waals surface area contributed by atoms with Gasteiger partial charge in [-0.2, -0.15) is 0 Å². The molecule has 0 radical (unpaired) electrons. The minimum absolute atomic E-state index is 0.287. The molecule has 3 rings (SSSR count). The van der Waals surface area contributed by atoms with Crippen LogP contribution in [0.15, 0.2) is 54.7 Å². The molecule has 23 heavy (non-hydrogen) atoms. The molecule has 118 valence electrons. The number of para-hydroxylation sites is 1. The molecule has 0 fully saturated rings. The van der Waals surface area contributed by atoms with Gasteiger partial charge in [0.1, 0.15) is 11.6 Å². The summed E-state index contributed by atoms with van der Waals surface area (Å²) in [5.74, 6) is 1.18. The van der Waals surface area contributed by atoms with Crippen molar-refractivity contribution in [2.24, 2.45) is 5.41 Å². The minimum atomic E-state index is -0.290. The number of carbonyl (C=O) groups is 1. The molecule has 1 aromatic carbocycles. The predicted molar refractivity (Wildman–Crippen MR) is 93.9 cm³/mol. The highest BCUT2D eigenvalue weighted by atomic mass is 16.1. The van der Waals surface area contributed by atoms with E-state index in [-0.39, 0.29) is 11.2 Å². The molecule has 0 bridgehead atoms. The molecule has 0 saturated carbocycles. The standard InChI is InChI=1S/C20H22N2O/c1-20(2,3)18(23)12-11-16-14-15-8-4-5-9-17(15)22(16)19-10-6-7-13-21-19/h4-10,13-14H,11-12H2,1-3H3. The highest BCUT2D eigenvalue weighted by molar-refractivity contribution is 5.85. The first-order valence-corrected chi connectivity index (χ1v) is 8.01. The molecule has 2 heterocycles. The molecule has 0 aliphatic rings. The number of fused-ring (bicyclic) bond motifs is 1. The fourth-order valence-corrected chi connectivity index (χ4v) is 2.77. The van der Waals surface area contributed by atoms with Crippen LogP contribution in [0.2, 0.25) is 0 Å². The number of aromatic nitrogens is 2. The Balaban J connectivity index is 2.01. The van der Waals surface area contributed by atoms with Gasteiger partial charge in [0, 0.05) is 29.1 Å². The number of ketones is 1.